The van der Waals surface area contributed by atoms with Crippen molar-refractivity contribution in [2.45, 2.75) is 25.9 Å². The van der Waals surface area contributed by atoms with Gasteiger partial charge >= 0.3 is 6.03 Å². The largest absolute Gasteiger partial charge is 0.338 e. The van der Waals surface area contributed by atoms with Crippen LogP contribution in [0.4, 0.5) is 10.5 Å². The lowest BCUT2D eigenvalue weighted by molar-refractivity contribution is -0.134. The SMILES string of the molecule is CN1CCC(C(=O)N2CC=C(c3ccc(NC(=O)N4Cc5ccccc5C4)cn3)CC2)C1. The Morgan fingerprint density at radius 3 is 2.41 bits per heavy atom. The minimum Gasteiger partial charge on any atom is -0.338 e. The highest BCUT2D eigenvalue weighted by atomic mass is 16.2. The lowest BCUT2D eigenvalue weighted by Gasteiger charge is -2.28. The van der Waals surface area contributed by atoms with Crippen molar-refractivity contribution in [2.75, 3.05) is 38.5 Å². The van der Waals surface area contributed by atoms with Gasteiger partial charge in [0.25, 0.3) is 0 Å². The highest BCUT2D eigenvalue weighted by molar-refractivity contribution is 5.89. The van der Waals surface area contributed by atoms with Crippen molar-refractivity contribution in [3.8, 4) is 0 Å². The monoisotopic (exact) mass is 431 g/mol. The fraction of sp³-hybridized carbons (Fsp3) is 0.400. The lowest BCUT2D eigenvalue weighted by Crippen LogP contribution is -2.39. The summed E-state index contributed by atoms with van der Waals surface area (Å²) in [7, 11) is 2.07. The molecular formula is C25H29N5O2. The quantitative estimate of drug-likeness (QED) is 0.810. The van der Waals surface area contributed by atoms with E-state index in [2.05, 4.69) is 40.5 Å². The Morgan fingerprint density at radius 2 is 1.81 bits per heavy atom. The molecule has 0 bridgehead atoms. The molecule has 1 atom stereocenters. The molecule has 0 aliphatic carbocycles. The van der Waals surface area contributed by atoms with Crippen LogP contribution in [0.25, 0.3) is 5.57 Å². The van der Waals surface area contributed by atoms with E-state index in [1.54, 1.807) is 11.1 Å². The molecule has 7 heteroatoms. The summed E-state index contributed by atoms with van der Waals surface area (Å²) >= 11 is 0. The summed E-state index contributed by atoms with van der Waals surface area (Å²) in [5.74, 6) is 0.416. The second kappa shape index (κ2) is 8.74. The van der Waals surface area contributed by atoms with Gasteiger partial charge in [-0.1, -0.05) is 30.3 Å². The van der Waals surface area contributed by atoms with Crippen molar-refractivity contribution >= 4 is 23.2 Å². The highest BCUT2D eigenvalue weighted by Crippen LogP contribution is 2.26. The number of pyridine rings is 1. The van der Waals surface area contributed by atoms with E-state index in [-0.39, 0.29) is 17.9 Å². The number of hydrogen-bond acceptors (Lipinski definition) is 4. The van der Waals surface area contributed by atoms with Crippen molar-refractivity contribution in [1.82, 2.24) is 19.7 Å². The number of hydrogen-bond donors (Lipinski definition) is 1. The van der Waals surface area contributed by atoms with Gasteiger partial charge in [0.15, 0.2) is 0 Å². The Bertz CT molecular complexity index is 1020. The van der Waals surface area contributed by atoms with Gasteiger partial charge in [0.2, 0.25) is 5.91 Å². The molecule has 4 heterocycles. The van der Waals surface area contributed by atoms with Crippen molar-refractivity contribution in [2.24, 2.45) is 5.92 Å². The third-order valence-electron chi connectivity index (χ3n) is 6.73. The van der Waals surface area contributed by atoms with E-state index in [0.717, 1.165) is 43.7 Å². The van der Waals surface area contributed by atoms with Crippen LogP contribution >= 0.6 is 0 Å². The molecule has 166 valence electrons. The third-order valence-corrected chi connectivity index (χ3v) is 6.73. The molecule has 2 aromatic rings. The average Bonchev–Trinajstić information content (AvgIpc) is 3.45. The molecule has 0 saturated carbocycles. The van der Waals surface area contributed by atoms with Gasteiger partial charge < -0.3 is 20.0 Å². The number of nitrogens with zero attached hydrogens (tertiary/aromatic N) is 4. The first-order chi connectivity index (χ1) is 15.6. The molecule has 32 heavy (non-hydrogen) atoms. The number of carbonyl (C=O) groups is 2. The molecule has 0 radical (unpaired) electrons. The number of anilines is 1. The van der Waals surface area contributed by atoms with Gasteiger partial charge in [-0.15, -0.1) is 0 Å². The predicted octanol–water partition coefficient (Wildman–Crippen LogP) is 3.20. The Labute approximate surface area is 188 Å². The van der Waals surface area contributed by atoms with E-state index in [0.29, 0.717) is 25.3 Å². The second-order valence-electron chi connectivity index (χ2n) is 9.00. The summed E-state index contributed by atoms with van der Waals surface area (Å²) < 4.78 is 0. The molecule has 3 amide bonds. The Kier molecular flexibility index (Phi) is 5.66. The maximum atomic E-state index is 12.7. The topological polar surface area (TPSA) is 68.8 Å². The van der Waals surface area contributed by atoms with E-state index < -0.39 is 0 Å². The fourth-order valence-electron chi connectivity index (χ4n) is 4.83. The minimum absolute atomic E-state index is 0.112. The zero-order chi connectivity index (χ0) is 22.1. The first kappa shape index (κ1) is 20.7. The van der Waals surface area contributed by atoms with Gasteiger partial charge in [0.05, 0.1) is 23.5 Å². The van der Waals surface area contributed by atoms with Crippen LogP contribution in [0, 0.1) is 5.92 Å². The normalized spacial score (nSPS) is 20.8. The first-order valence-corrected chi connectivity index (χ1v) is 11.3. The highest BCUT2D eigenvalue weighted by Gasteiger charge is 2.30. The third kappa shape index (κ3) is 4.25. The molecule has 1 unspecified atom stereocenters. The van der Waals surface area contributed by atoms with Gasteiger partial charge in [-0.05, 0) is 55.3 Å². The van der Waals surface area contributed by atoms with Gasteiger partial charge in [0.1, 0.15) is 0 Å². The van der Waals surface area contributed by atoms with Crippen LogP contribution in [-0.4, -0.2) is 64.8 Å². The van der Waals surface area contributed by atoms with Crippen molar-refractivity contribution in [3.63, 3.8) is 0 Å². The first-order valence-electron chi connectivity index (χ1n) is 11.3. The van der Waals surface area contributed by atoms with E-state index in [1.807, 2.05) is 29.2 Å². The van der Waals surface area contributed by atoms with Gasteiger partial charge in [-0.2, -0.15) is 0 Å². The van der Waals surface area contributed by atoms with Crippen LogP contribution in [0.15, 0.2) is 48.7 Å². The number of rotatable bonds is 3. The summed E-state index contributed by atoms with van der Waals surface area (Å²) in [5.41, 5.74) is 5.16. The van der Waals surface area contributed by atoms with Crippen LogP contribution in [-0.2, 0) is 17.9 Å². The summed E-state index contributed by atoms with van der Waals surface area (Å²) in [5, 5.41) is 2.95. The molecule has 3 aliphatic rings. The van der Waals surface area contributed by atoms with E-state index in [1.165, 1.54) is 11.1 Å². The lowest BCUT2D eigenvalue weighted by atomic mass is 10.0. The Hall–Kier alpha value is -3.19. The molecule has 1 fully saturated rings. The molecule has 3 aliphatic heterocycles. The maximum Gasteiger partial charge on any atom is 0.322 e. The number of carbonyl (C=O) groups excluding carboxylic acids is 2. The smallest absolute Gasteiger partial charge is 0.322 e. The summed E-state index contributed by atoms with van der Waals surface area (Å²) in [6, 6.07) is 11.9. The number of aromatic nitrogens is 1. The minimum atomic E-state index is -0.112. The molecule has 5 rings (SSSR count). The van der Waals surface area contributed by atoms with Crippen LogP contribution in [0.5, 0.6) is 0 Å². The van der Waals surface area contributed by atoms with Crippen LogP contribution in [0.1, 0.15) is 29.7 Å². The number of benzene rings is 1. The molecule has 1 aromatic carbocycles. The number of amides is 3. The zero-order valence-corrected chi connectivity index (χ0v) is 18.5. The molecule has 0 spiro atoms. The van der Waals surface area contributed by atoms with E-state index in [9.17, 15) is 9.59 Å². The van der Waals surface area contributed by atoms with Gasteiger partial charge in [-0.25, -0.2) is 4.79 Å². The Morgan fingerprint density at radius 1 is 1.03 bits per heavy atom. The number of nitrogens with one attached hydrogen (secondary N) is 1. The Balaban J connectivity index is 1.16. The van der Waals surface area contributed by atoms with E-state index >= 15 is 0 Å². The molecule has 1 saturated heterocycles. The van der Waals surface area contributed by atoms with Crippen molar-refractivity contribution in [3.05, 3.63) is 65.5 Å². The van der Waals surface area contributed by atoms with Crippen LogP contribution in [0.2, 0.25) is 0 Å². The molecular weight excluding hydrogens is 402 g/mol. The van der Waals surface area contributed by atoms with E-state index in [4.69, 9.17) is 0 Å². The van der Waals surface area contributed by atoms with Crippen molar-refractivity contribution < 1.29 is 9.59 Å². The number of urea groups is 1. The molecule has 1 N–H and O–H groups in total. The molecule has 1 aromatic heterocycles. The molecule has 7 nitrogen and oxygen atoms in total. The standard InChI is InChI=1S/C25H29N5O2/c1-28-11-8-21(15-28)24(31)29-12-9-18(10-13-29)23-7-6-22(14-26-23)27-25(32)30-16-19-4-2-3-5-20(19)17-30/h2-7,9,14,21H,8,10-13,15-17H2,1H3,(H,27,32). The zero-order valence-electron chi connectivity index (χ0n) is 18.5. The van der Waals surface area contributed by atoms with Gasteiger partial charge in [-0.3, -0.25) is 9.78 Å². The fourth-order valence-corrected chi connectivity index (χ4v) is 4.83. The number of fused-ring (bicyclic) bond motifs is 1. The summed E-state index contributed by atoms with van der Waals surface area (Å²) in [6.45, 7) is 4.51. The maximum absolute atomic E-state index is 12.7. The second-order valence-corrected chi connectivity index (χ2v) is 9.00. The summed E-state index contributed by atoms with van der Waals surface area (Å²) in [6.07, 6.45) is 5.59. The predicted molar refractivity (Wildman–Crippen MR) is 124 cm³/mol. The van der Waals surface area contributed by atoms with Gasteiger partial charge in [0, 0.05) is 32.7 Å². The van der Waals surface area contributed by atoms with Crippen LogP contribution < -0.4 is 5.32 Å². The van der Waals surface area contributed by atoms with Crippen LogP contribution in [0.3, 0.4) is 0 Å². The van der Waals surface area contributed by atoms with Crippen molar-refractivity contribution in [1.29, 1.82) is 0 Å². The average molecular weight is 432 g/mol. The summed E-state index contributed by atoms with van der Waals surface area (Å²) in [4.78, 5) is 35.9. The number of likely N-dealkylation sites (tertiary alicyclic amines) is 1.